The molecule has 4 heteroatoms. The van der Waals surface area contributed by atoms with Gasteiger partial charge in [0, 0.05) is 0 Å². The lowest BCUT2D eigenvalue weighted by Gasteiger charge is -2.01. The van der Waals surface area contributed by atoms with Gasteiger partial charge in [0.1, 0.15) is 6.10 Å². The van der Waals surface area contributed by atoms with Crippen LogP contribution in [0.5, 0.6) is 0 Å². The average molecular weight is 160 g/mol. The monoisotopic (exact) mass is 160 g/mol. The SMILES string of the molecule is C#CC(C)OS(=O)(=O)C=C. The molecule has 0 aliphatic carbocycles. The summed E-state index contributed by atoms with van der Waals surface area (Å²) in [7, 11) is -3.61. The summed E-state index contributed by atoms with van der Waals surface area (Å²) in [6.07, 6.45) is 4.13. The fraction of sp³-hybridized carbons (Fsp3) is 0.333. The molecular weight excluding hydrogens is 152 g/mol. The van der Waals surface area contributed by atoms with E-state index >= 15 is 0 Å². The highest BCUT2D eigenvalue weighted by Gasteiger charge is 2.08. The minimum absolute atomic E-state index is 0.709. The van der Waals surface area contributed by atoms with E-state index in [1.165, 1.54) is 6.92 Å². The van der Waals surface area contributed by atoms with Crippen molar-refractivity contribution < 1.29 is 12.6 Å². The Morgan fingerprint density at radius 1 is 1.80 bits per heavy atom. The highest BCUT2D eigenvalue weighted by atomic mass is 32.2. The van der Waals surface area contributed by atoms with Crippen LogP contribution in [-0.2, 0) is 14.3 Å². The normalized spacial score (nSPS) is 13.6. The van der Waals surface area contributed by atoms with Gasteiger partial charge in [0.15, 0.2) is 0 Å². The fourth-order valence-corrected chi connectivity index (χ4v) is 0.805. The molecule has 0 saturated carbocycles. The van der Waals surface area contributed by atoms with Gasteiger partial charge in [0.2, 0.25) is 0 Å². The maximum Gasteiger partial charge on any atom is 0.290 e. The number of hydrogen-bond donors (Lipinski definition) is 0. The molecule has 0 aliphatic rings. The summed E-state index contributed by atoms with van der Waals surface area (Å²) < 4.78 is 25.4. The summed E-state index contributed by atoms with van der Waals surface area (Å²) in [5, 5.41) is 0.709. The van der Waals surface area contributed by atoms with Crippen LogP contribution in [0.4, 0.5) is 0 Å². The van der Waals surface area contributed by atoms with Crippen molar-refractivity contribution in [3.8, 4) is 12.3 Å². The topological polar surface area (TPSA) is 43.4 Å². The van der Waals surface area contributed by atoms with Gasteiger partial charge in [-0.2, -0.15) is 8.42 Å². The maximum atomic E-state index is 10.5. The largest absolute Gasteiger partial charge is 0.290 e. The summed E-state index contributed by atoms with van der Waals surface area (Å²) in [4.78, 5) is 0. The number of terminal acetylenes is 1. The first-order valence-corrected chi connectivity index (χ1v) is 4.01. The van der Waals surface area contributed by atoms with Crippen molar-refractivity contribution in [2.24, 2.45) is 0 Å². The van der Waals surface area contributed by atoms with Crippen LogP contribution in [0.15, 0.2) is 12.0 Å². The van der Waals surface area contributed by atoms with E-state index in [9.17, 15) is 8.42 Å². The summed E-state index contributed by atoms with van der Waals surface area (Å²) in [6, 6.07) is 0. The van der Waals surface area contributed by atoms with E-state index in [4.69, 9.17) is 6.42 Å². The Kier molecular flexibility index (Phi) is 3.13. The maximum absolute atomic E-state index is 10.5. The molecule has 0 aliphatic heterocycles. The van der Waals surface area contributed by atoms with E-state index in [0.717, 1.165) is 0 Å². The van der Waals surface area contributed by atoms with Crippen LogP contribution in [0.1, 0.15) is 6.92 Å². The standard InChI is InChI=1S/C6H8O3S/c1-4-6(3)9-10(7,8)5-2/h1,5-6H,2H2,3H3. The Bertz CT molecular complexity index is 245. The zero-order valence-corrected chi connectivity index (χ0v) is 6.39. The number of rotatable bonds is 3. The van der Waals surface area contributed by atoms with Crippen molar-refractivity contribution in [3.63, 3.8) is 0 Å². The zero-order chi connectivity index (χ0) is 8.20. The predicted molar refractivity (Wildman–Crippen MR) is 38.5 cm³/mol. The molecule has 0 fully saturated rings. The third-order valence-electron chi connectivity index (χ3n) is 0.717. The van der Waals surface area contributed by atoms with Crippen molar-refractivity contribution in [2.45, 2.75) is 13.0 Å². The second-order valence-corrected chi connectivity index (χ2v) is 3.08. The van der Waals surface area contributed by atoms with Gasteiger partial charge < -0.3 is 0 Å². The van der Waals surface area contributed by atoms with Gasteiger partial charge in [-0.1, -0.05) is 12.5 Å². The molecule has 1 atom stereocenters. The highest BCUT2D eigenvalue weighted by Crippen LogP contribution is 1.98. The fourth-order valence-electron chi connectivity index (χ4n) is 0.268. The van der Waals surface area contributed by atoms with Gasteiger partial charge in [-0.05, 0) is 6.92 Å². The zero-order valence-electron chi connectivity index (χ0n) is 5.57. The smallest absolute Gasteiger partial charge is 0.251 e. The molecule has 0 radical (unpaired) electrons. The minimum Gasteiger partial charge on any atom is -0.251 e. The van der Waals surface area contributed by atoms with Crippen molar-refractivity contribution in [2.75, 3.05) is 0 Å². The van der Waals surface area contributed by atoms with Crippen LogP contribution >= 0.6 is 0 Å². The minimum atomic E-state index is -3.61. The average Bonchev–Trinajstić information content (AvgIpc) is 1.87. The predicted octanol–water partition coefficient (Wildman–Crippen LogP) is 0.498. The third kappa shape index (κ3) is 3.28. The van der Waals surface area contributed by atoms with Crippen molar-refractivity contribution in [1.82, 2.24) is 0 Å². The van der Waals surface area contributed by atoms with Gasteiger partial charge in [0.05, 0.1) is 5.41 Å². The van der Waals surface area contributed by atoms with E-state index < -0.39 is 16.2 Å². The van der Waals surface area contributed by atoms with Gasteiger partial charge in [0.25, 0.3) is 10.1 Å². The van der Waals surface area contributed by atoms with Gasteiger partial charge in [-0.15, -0.1) is 6.42 Å². The lowest BCUT2D eigenvalue weighted by atomic mass is 10.4. The Morgan fingerprint density at radius 2 is 2.30 bits per heavy atom. The first-order chi connectivity index (χ1) is 4.52. The summed E-state index contributed by atoms with van der Waals surface area (Å²) in [5.74, 6) is 2.11. The molecule has 0 bridgehead atoms. The molecule has 0 aromatic rings. The Balaban J connectivity index is 4.20. The molecule has 3 nitrogen and oxygen atoms in total. The lowest BCUT2D eigenvalue weighted by Crippen LogP contribution is -2.10. The second kappa shape index (κ2) is 3.40. The van der Waals surface area contributed by atoms with Crippen LogP contribution in [0.3, 0.4) is 0 Å². The molecule has 0 aromatic carbocycles. The second-order valence-electron chi connectivity index (χ2n) is 1.56. The summed E-state index contributed by atoms with van der Waals surface area (Å²) in [6.45, 7) is 4.50. The van der Waals surface area contributed by atoms with E-state index in [0.29, 0.717) is 5.41 Å². The first-order valence-electron chi connectivity index (χ1n) is 2.53. The van der Waals surface area contributed by atoms with Crippen molar-refractivity contribution >= 4 is 10.1 Å². The molecule has 0 aromatic heterocycles. The van der Waals surface area contributed by atoms with Crippen LogP contribution in [0, 0.1) is 12.3 Å². The Hall–Kier alpha value is -0.790. The van der Waals surface area contributed by atoms with Crippen LogP contribution < -0.4 is 0 Å². The third-order valence-corrected chi connectivity index (χ3v) is 1.68. The molecule has 0 saturated heterocycles. The molecular formula is C6H8O3S. The summed E-state index contributed by atoms with van der Waals surface area (Å²) in [5.41, 5.74) is 0. The molecule has 0 rings (SSSR count). The van der Waals surface area contributed by atoms with E-state index in [1.54, 1.807) is 0 Å². The van der Waals surface area contributed by atoms with Gasteiger partial charge in [-0.3, -0.25) is 4.18 Å². The van der Waals surface area contributed by atoms with Gasteiger partial charge in [-0.25, -0.2) is 0 Å². The Labute approximate surface area is 60.8 Å². The quantitative estimate of drug-likeness (QED) is 0.446. The molecule has 10 heavy (non-hydrogen) atoms. The van der Waals surface area contributed by atoms with Crippen LogP contribution in [-0.4, -0.2) is 14.5 Å². The van der Waals surface area contributed by atoms with Crippen LogP contribution in [0.25, 0.3) is 0 Å². The molecule has 56 valence electrons. The number of hydrogen-bond acceptors (Lipinski definition) is 3. The van der Waals surface area contributed by atoms with Crippen molar-refractivity contribution in [3.05, 3.63) is 12.0 Å². The molecule has 0 amide bonds. The molecule has 0 N–H and O–H groups in total. The molecule has 0 heterocycles. The highest BCUT2D eigenvalue weighted by molar-refractivity contribution is 7.89. The molecule has 0 spiro atoms. The first kappa shape index (κ1) is 9.21. The Morgan fingerprint density at radius 3 is 2.60 bits per heavy atom. The van der Waals surface area contributed by atoms with Crippen LogP contribution in [0.2, 0.25) is 0 Å². The van der Waals surface area contributed by atoms with E-state index in [-0.39, 0.29) is 0 Å². The lowest BCUT2D eigenvalue weighted by molar-refractivity contribution is 0.289. The van der Waals surface area contributed by atoms with Crippen molar-refractivity contribution in [1.29, 1.82) is 0 Å². The summed E-state index contributed by atoms with van der Waals surface area (Å²) >= 11 is 0. The van der Waals surface area contributed by atoms with Gasteiger partial charge >= 0.3 is 0 Å². The van der Waals surface area contributed by atoms with E-state index in [2.05, 4.69) is 16.7 Å². The van der Waals surface area contributed by atoms with E-state index in [1.807, 2.05) is 0 Å². The molecule has 1 unspecified atom stereocenters.